The molecule has 1 aromatic heterocycles. The van der Waals surface area contributed by atoms with E-state index >= 15 is 0 Å². The predicted molar refractivity (Wildman–Crippen MR) is 198 cm³/mol. The molecule has 52 heavy (non-hydrogen) atoms. The predicted octanol–water partition coefficient (Wildman–Crippen LogP) is 7.72. The summed E-state index contributed by atoms with van der Waals surface area (Å²) in [6.07, 6.45) is 11.8. The van der Waals surface area contributed by atoms with Crippen molar-refractivity contribution in [2.24, 2.45) is 9.98 Å². The van der Waals surface area contributed by atoms with E-state index in [1.807, 2.05) is 48.6 Å². The Morgan fingerprint density at radius 3 is 1.62 bits per heavy atom. The molecule has 2 atom stereocenters. The Morgan fingerprint density at radius 2 is 1.00 bits per heavy atom. The molecule has 0 spiro atoms. The van der Waals surface area contributed by atoms with Gasteiger partial charge in [-0.05, 0) is 107 Å². The van der Waals surface area contributed by atoms with E-state index in [1.54, 1.807) is 48.5 Å². The van der Waals surface area contributed by atoms with Crippen LogP contribution in [0.5, 0.6) is 0 Å². The molecule has 0 saturated carbocycles. The van der Waals surface area contributed by atoms with Crippen LogP contribution in [0, 0.1) is 23.3 Å². The van der Waals surface area contributed by atoms with E-state index in [2.05, 4.69) is 10.3 Å². The minimum Gasteiger partial charge on any atom is -0.374 e. The highest BCUT2D eigenvalue weighted by Crippen LogP contribution is 2.36. The molecule has 4 aliphatic rings. The Morgan fingerprint density at radius 1 is 0.462 bits per heavy atom. The van der Waals surface area contributed by atoms with Gasteiger partial charge in [-0.2, -0.15) is 0 Å². The summed E-state index contributed by atoms with van der Waals surface area (Å²) in [5.74, 6) is -1.41. The van der Waals surface area contributed by atoms with Crippen LogP contribution in [0.2, 0.25) is 0 Å². The van der Waals surface area contributed by atoms with Crippen molar-refractivity contribution in [1.29, 1.82) is 0 Å². The van der Waals surface area contributed by atoms with Crippen molar-refractivity contribution in [3.63, 3.8) is 0 Å². The molecular formula is C44H28F4N4. The van der Waals surface area contributed by atoms with Crippen LogP contribution in [-0.2, 0) is 0 Å². The van der Waals surface area contributed by atoms with E-state index in [0.29, 0.717) is 17.1 Å². The van der Waals surface area contributed by atoms with Crippen molar-refractivity contribution in [1.82, 2.24) is 10.3 Å². The average molecular weight is 689 g/mol. The fourth-order valence-electron chi connectivity index (χ4n) is 7.20. The monoisotopic (exact) mass is 688 g/mol. The van der Waals surface area contributed by atoms with Gasteiger partial charge in [0, 0.05) is 38.7 Å². The third-order valence-corrected chi connectivity index (χ3v) is 9.61. The van der Waals surface area contributed by atoms with Gasteiger partial charge in [-0.3, -0.25) is 4.99 Å². The molecule has 8 heteroatoms. The Labute approximate surface area is 296 Å². The Bertz CT molecular complexity index is 2600. The first-order valence-corrected chi connectivity index (χ1v) is 16.8. The number of aromatic nitrogens is 1. The van der Waals surface area contributed by atoms with Crippen LogP contribution >= 0.6 is 0 Å². The van der Waals surface area contributed by atoms with Crippen LogP contribution < -0.4 is 16.0 Å². The van der Waals surface area contributed by atoms with Crippen LogP contribution in [0.3, 0.4) is 0 Å². The fourth-order valence-corrected chi connectivity index (χ4v) is 7.20. The number of H-pyrrole nitrogens is 1. The molecule has 2 unspecified atom stereocenters. The van der Waals surface area contributed by atoms with Crippen LogP contribution in [0.1, 0.15) is 22.3 Å². The van der Waals surface area contributed by atoms with E-state index in [-0.39, 0.29) is 29.3 Å². The Hall–Kier alpha value is -6.54. The summed E-state index contributed by atoms with van der Waals surface area (Å²) in [7, 11) is 0. The number of rotatable bonds is 4. The lowest BCUT2D eigenvalue weighted by atomic mass is 9.97. The second-order valence-electron chi connectivity index (χ2n) is 12.8. The van der Waals surface area contributed by atoms with Gasteiger partial charge in [0.25, 0.3) is 0 Å². The first-order valence-electron chi connectivity index (χ1n) is 16.8. The largest absolute Gasteiger partial charge is 0.374 e. The van der Waals surface area contributed by atoms with Gasteiger partial charge in [0.2, 0.25) is 0 Å². The molecule has 4 nitrogen and oxygen atoms in total. The van der Waals surface area contributed by atoms with E-state index in [4.69, 9.17) is 9.98 Å². The molecule has 4 aromatic carbocycles. The molecule has 9 rings (SSSR count). The number of halogens is 4. The van der Waals surface area contributed by atoms with E-state index in [9.17, 15) is 17.6 Å². The first kappa shape index (κ1) is 31.4. The molecule has 0 saturated heterocycles. The van der Waals surface area contributed by atoms with Crippen molar-refractivity contribution in [2.45, 2.75) is 12.1 Å². The minimum absolute atomic E-state index is 0.346. The number of nitrogens with zero attached hydrogens (tertiary/aromatic N) is 2. The summed E-state index contributed by atoms with van der Waals surface area (Å²) in [6, 6.07) is 28.3. The van der Waals surface area contributed by atoms with Gasteiger partial charge in [0.1, 0.15) is 23.3 Å². The third kappa shape index (κ3) is 5.68. The summed E-state index contributed by atoms with van der Waals surface area (Å²) in [6.45, 7) is 0. The van der Waals surface area contributed by atoms with E-state index < -0.39 is 6.04 Å². The zero-order chi connectivity index (χ0) is 35.3. The summed E-state index contributed by atoms with van der Waals surface area (Å²) in [5, 5.41) is 5.20. The molecule has 8 bridgehead atoms. The molecule has 0 aliphatic carbocycles. The SMILES string of the molecule is Fc1ccc(C2=C3C=CC(N3)/C(c3ccc(F)cc3)=c3/cc/c([nH]3)=C(\c3ccc(F)cc3)C3=N/C(=C(/c4ccc(F)cc4)C4C=CC2=N4)C=C3)cc1. The van der Waals surface area contributed by atoms with Crippen molar-refractivity contribution in [2.75, 3.05) is 0 Å². The number of aliphatic imine (C=N–C) groups is 2. The number of hydrogen-bond donors (Lipinski definition) is 2. The average Bonchev–Trinajstić information content (AvgIpc) is 3.99. The number of fused-ring (bicyclic) bond motifs is 6. The number of allylic oxidation sites excluding steroid dienone is 5. The molecule has 252 valence electrons. The first-order chi connectivity index (χ1) is 25.4. The molecule has 0 radical (unpaired) electrons. The molecule has 0 amide bonds. The zero-order valence-electron chi connectivity index (χ0n) is 27.4. The second-order valence-corrected chi connectivity index (χ2v) is 12.8. The van der Waals surface area contributed by atoms with Gasteiger partial charge in [0.15, 0.2) is 0 Å². The van der Waals surface area contributed by atoms with Crippen molar-refractivity contribution < 1.29 is 17.6 Å². The van der Waals surface area contributed by atoms with Crippen LogP contribution in [-0.4, -0.2) is 28.5 Å². The number of hydrogen-bond acceptors (Lipinski definition) is 3. The summed E-state index contributed by atoms with van der Waals surface area (Å²) in [4.78, 5) is 14.0. The van der Waals surface area contributed by atoms with E-state index in [0.717, 1.165) is 60.9 Å². The van der Waals surface area contributed by atoms with Crippen LogP contribution in [0.4, 0.5) is 17.6 Å². The maximum Gasteiger partial charge on any atom is 0.123 e. The van der Waals surface area contributed by atoms with Crippen molar-refractivity contribution in [3.8, 4) is 0 Å². The van der Waals surface area contributed by atoms with Gasteiger partial charge in [0.05, 0.1) is 29.2 Å². The van der Waals surface area contributed by atoms with Crippen LogP contribution in [0.25, 0.3) is 22.3 Å². The van der Waals surface area contributed by atoms with Gasteiger partial charge in [-0.25, -0.2) is 22.6 Å². The molecular weight excluding hydrogens is 661 g/mol. The number of aromatic amines is 1. The lowest BCUT2D eigenvalue weighted by Crippen LogP contribution is -2.30. The highest BCUT2D eigenvalue weighted by Gasteiger charge is 2.29. The standard InChI is InChI=1S/C44H28F4N4/c45-29-9-1-25(2-10-29)41-33-17-19-35(49-33)42(26-3-11-30(46)12-4-26)37-21-23-39(51-37)44(28-7-15-32(48)16-8-28)40-24-22-38(52-40)43(36-20-18-34(41)50-36)27-5-13-31(47)14-6-27/h1-24,33,39,49-50H/b41-34-,42-35?,43-36-,44-40-. The van der Waals surface area contributed by atoms with Gasteiger partial charge < -0.3 is 10.3 Å². The maximum atomic E-state index is 14.2. The maximum absolute atomic E-state index is 14.2. The molecule has 5 heterocycles. The van der Waals surface area contributed by atoms with Crippen molar-refractivity contribution >= 4 is 33.7 Å². The lowest BCUT2D eigenvalue weighted by Gasteiger charge is -2.19. The molecule has 0 fully saturated rings. The lowest BCUT2D eigenvalue weighted by molar-refractivity contribution is 0.627. The zero-order valence-corrected chi connectivity index (χ0v) is 27.4. The third-order valence-electron chi connectivity index (χ3n) is 9.61. The topological polar surface area (TPSA) is 52.5 Å². The summed E-state index contributed by atoms with van der Waals surface area (Å²) >= 11 is 0. The van der Waals surface area contributed by atoms with Gasteiger partial charge in [-0.15, -0.1) is 0 Å². The fraction of sp³-hybridized carbons (Fsp3) is 0.0455. The quantitative estimate of drug-likeness (QED) is 0.187. The highest BCUT2D eigenvalue weighted by molar-refractivity contribution is 6.32. The normalized spacial score (nSPS) is 22.5. The molecule has 5 aromatic rings. The van der Waals surface area contributed by atoms with Crippen LogP contribution in [0.15, 0.2) is 167 Å². The smallest absolute Gasteiger partial charge is 0.123 e. The van der Waals surface area contributed by atoms with Gasteiger partial charge in [-0.1, -0.05) is 60.7 Å². The summed E-state index contributed by atoms with van der Waals surface area (Å²) in [5.41, 5.74) is 8.98. The minimum atomic E-state index is -0.485. The van der Waals surface area contributed by atoms with Gasteiger partial charge >= 0.3 is 0 Å². The second kappa shape index (κ2) is 12.7. The number of benzene rings is 4. The highest BCUT2D eigenvalue weighted by atomic mass is 19.1. The van der Waals surface area contributed by atoms with Crippen molar-refractivity contribution in [3.05, 3.63) is 213 Å². The van der Waals surface area contributed by atoms with E-state index in [1.165, 1.54) is 48.5 Å². The Balaban J connectivity index is 1.36. The molecule has 4 aliphatic heterocycles. The molecule has 2 N–H and O–H groups in total. The summed E-state index contributed by atoms with van der Waals surface area (Å²) < 4.78 is 56.8. The number of nitrogens with one attached hydrogen (secondary N) is 2. The Kier molecular flexibility index (Phi) is 7.65.